The zero-order chi connectivity index (χ0) is 16.8. The molecule has 0 unspecified atom stereocenters. The number of hydrogen-bond donors (Lipinski definition) is 2. The third-order valence-corrected chi connectivity index (χ3v) is 3.34. The standard InChI is InChI=1S/C19H18O4/c1-3-4-15-11-13(12-18(23-2)19(15)22)5-10-17(21)14-6-8-16(20)9-7-14/h3,5-12,20,22H,1,4H2,2H3/b10-5+. The molecule has 2 aromatic rings. The second kappa shape index (κ2) is 7.31. The van der Waals surface area contributed by atoms with Crippen LogP contribution in [0.4, 0.5) is 0 Å². The van der Waals surface area contributed by atoms with Gasteiger partial charge in [0.25, 0.3) is 0 Å². The van der Waals surface area contributed by atoms with E-state index in [1.807, 2.05) is 0 Å². The molecule has 0 radical (unpaired) electrons. The Morgan fingerprint density at radius 2 is 1.91 bits per heavy atom. The summed E-state index contributed by atoms with van der Waals surface area (Å²) in [4.78, 5) is 12.1. The Balaban J connectivity index is 2.27. The second-order valence-corrected chi connectivity index (χ2v) is 4.97. The molecule has 4 heteroatoms. The third-order valence-electron chi connectivity index (χ3n) is 3.34. The van der Waals surface area contributed by atoms with Crippen molar-refractivity contribution in [2.24, 2.45) is 0 Å². The normalized spacial score (nSPS) is 10.7. The number of ether oxygens (including phenoxy) is 1. The Bertz CT molecular complexity index is 743. The van der Waals surface area contributed by atoms with Crippen LogP contribution in [0.2, 0.25) is 0 Å². The first-order valence-corrected chi connectivity index (χ1v) is 7.07. The molecule has 0 aliphatic rings. The van der Waals surface area contributed by atoms with Gasteiger partial charge in [-0.1, -0.05) is 12.2 Å². The van der Waals surface area contributed by atoms with Crippen LogP contribution in [0.1, 0.15) is 21.5 Å². The van der Waals surface area contributed by atoms with Gasteiger partial charge in [0, 0.05) is 11.1 Å². The van der Waals surface area contributed by atoms with E-state index < -0.39 is 0 Å². The Kier molecular flexibility index (Phi) is 5.20. The molecule has 0 saturated carbocycles. The van der Waals surface area contributed by atoms with E-state index in [4.69, 9.17) is 4.74 Å². The van der Waals surface area contributed by atoms with Gasteiger partial charge >= 0.3 is 0 Å². The summed E-state index contributed by atoms with van der Waals surface area (Å²) in [6.07, 6.45) is 5.28. The fourth-order valence-electron chi connectivity index (χ4n) is 2.15. The SMILES string of the molecule is C=CCc1cc(/C=C/C(=O)c2ccc(O)cc2)cc(OC)c1O. The van der Waals surface area contributed by atoms with Crippen LogP contribution in [0.5, 0.6) is 17.2 Å². The lowest BCUT2D eigenvalue weighted by Gasteiger charge is -2.09. The average molecular weight is 310 g/mol. The Morgan fingerprint density at radius 1 is 1.22 bits per heavy atom. The van der Waals surface area contributed by atoms with E-state index in [-0.39, 0.29) is 17.3 Å². The summed E-state index contributed by atoms with van der Waals surface area (Å²) in [6.45, 7) is 3.66. The zero-order valence-corrected chi connectivity index (χ0v) is 12.8. The van der Waals surface area contributed by atoms with Crippen molar-refractivity contribution in [2.75, 3.05) is 7.11 Å². The largest absolute Gasteiger partial charge is 0.508 e. The van der Waals surface area contributed by atoms with Gasteiger partial charge in [0.1, 0.15) is 5.75 Å². The molecule has 2 aromatic carbocycles. The van der Waals surface area contributed by atoms with Gasteiger partial charge in [0.2, 0.25) is 0 Å². The number of rotatable bonds is 6. The number of aromatic hydroxyl groups is 2. The minimum atomic E-state index is -0.178. The summed E-state index contributed by atoms with van der Waals surface area (Å²) in [5.41, 5.74) is 1.90. The first-order valence-electron chi connectivity index (χ1n) is 7.07. The second-order valence-electron chi connectivity index (χ2n) is 4.97. The molecule has 0 aromatic heterocycles. The van der Waals surface area contributed by atoms with Crippen LogP contribution in [-0.2, 0) is 6.42 Å². The summed E-state index contributed by atoms with van der Waals surface area (Å²) < 4.78 is 5.15. The fraction of sp³-hybridized carbons (Fsp3) is 0.105. The van der Waals surface area contributed by atoms with E-state index in [9.17, 15) is 15.0 Å². The first kappa shape index (κ1) is 16.4. The molecule has 23 heavy (non-hydrogen) atoms. The van der Waals surface area contributed by atoms with Crippen LogP contribution in [-0.4, -0.2) is 23.1 Å². The highest BCUT2D eigenvalue weighted by molar-refractivity contribution is 6.06. The minimum absolute atomic E-state index is 0.0782. The molecule has 0 aliphatic heterocycles. The van der Waals surface area contributed by atoms with Crippen molar-refractivity contribution in [3.8, 4) is 17.2 Å². The van der Waals surface area contributed by atoms with Crippen molar-refractivity contribution in [3.63, 3.8) is 0 Å². The molecule has 4 nitrogen and oxygen atoms in total. The van der Waals surface area contributed by atoms with Gasteiger partial charge in [-0.15, -0.1) is 6.58 Å². The van der Waals surface area contributed by atoms with Crippen LogP contribution in [0.25, 0.3) is 6.08 Å². The Labute approximate surface area is 135 Å². The van der Waals surface area contributed by atoms with Crippen molar-refractivity contribution in [3.05, 3.63) is 71.8 Å². The van der Waals surface area contributed by atoms with Crippen LogP contribution in [0.15, 0.2) is 55.1 Å². The van der Waals surface area contributed by atoms with Crippen LogP contribution in [0.3, 0.4) is 0 Å². The van der Waals surface area contributed by atoms with Crippen molar-refractivity contribution in [1.82, 2.24) is 0 Å². The number of methoxy groups -OCH3 is 1. The van der Waals surface area contributed by atoms with Crippen LogP contribution < -0.4 is 4.74 Å². The van der Waals surface area contributed by atoms with E-state index in [0.717, 1.165) is 5.56 Å². The molecule has 0 bridgehead atoms. The third kappa shape index (κ3) is 4.01. The van der Waals surface area contributed by atoms with Gasteiger partial charge < -0.3 is 14.9 Å². The lowest BCUT2D eigenvalue weighted by atomic mass is 10.0. The van der Waals surface area contributed by atoms with E-state index in [1.165, 1.54) is 25.3 Å². The number of benzene rings is 2. The fourth-order valence-corrected chi connectivity index (χ4v) is 2.15. The molecule has 2 rings (SSSR count). The smallest absolute Gasteiger partial charge is 0.185 e. The number of carbonyl (C=O) groups excluding carboxylic acids is 1. The lowest BCUT2D eigenvalue weighted by Crippen LogP contribution is -1.94. The lowest BCUT2D eigenvalue weighted by molar-refractivity contribution is 0.104. The first-order chi connectivity index (χ1) is 11.0. The Hall–Kier alpha value is -3.01. The van der Waals surface area contributed by atoms with Crippen molar-refractivity contribution in [2.45, 2.75) is 6.42 Å². The maximum atomic E-state index is 12.1. The number of phenols is 2. The van der Waals surface area contributed by atoms with Gasteiger partial charge in [0.15, 0.2) is 17.3 Å². The maximum absolute atomic E-state index is 12.1. The van der Waals surface area contributed by atoms with Gasteiger partial charge in [-0.3, -0.25) is 4.79 Å². The molecule has 2 N–H and O–H groups in total. The van der Waals surface area contributed by atoms with E-state index in [1.54, 1.807) is 36.4 Å². The van der Waals surface area contributed by atoms with Gasteiger partial charge in [-0.05, 0) is 54.5 Å². The summed E-state index contributed by atoms with van der Waals surface area (Å²) in [5.74, 6) is 0.362. The predicted octanol–water partition coefficient (Wildman–Crippen LogP) is 3.73. The van der Waals surface area contributed by atoms with Gasteiger partial charge in [-0.2, -0.15) is 0 Å². The molecular weight excluding hydrogens is 292 g/mol. The van der Waals surface area contributed by atoms with Crippen molar-refractivity contribution < 1.29 is 19.7 Å². The van der Waals surface area contributed by atoms with Crippen molar-refractivity contribution in [1.29, 1.82) is 0 Å². The summed E-state index contributed by atoms with van der Waals surface area (Å²) >= 11 is 0. The predicted molar refractivity (Wildman–Crippen MR) is 90.0 cm³/mol. The van der Waals surface area contributed by atoms with Crippen LogP contribution >= 0.6 is 0 Å². The number of hydrogen-bond acceptors (Lipinski definition) is 4. The van der Waals surface area contributed by atoms with E-state index in [0.29, 0.717) is 23.3 Å². The zero-order valence-electron chi connectivity index (χ0n) is 12.8. The summed E-state index contributed by atoms with van der Waals surface area (Å²) in [6, 6.07) is 9.48. The quantitative estimate of drug-likeness (QED) is 0.485. The monoisotopic (exact) mass is 310 g/mol. The molecule has 0 fully saturated rings. The molecular formula is C19H18O4. The topological polar surface area (TPSA) is 66.8 Å². The van der Waals surface area contributed by atoms with E-state index >= 15 is 0 Å². The number of ketones is 1. The summed E-state index contributed by atoms with van der Waals surface area (Å²) in [7, 11) is 1.47. The molecule has 0 spiro atoms. The molecule has 0 aliphatic carbocycles. The highest BCUT2D eigenvalue weighted by atomic mass is 16.5. The number of allylic oxidation sites excluding steroid dienone is 2. The molecule has 0 amide bonds. The minimum Gasteiger partial charge on any atom is -0.508 e. The maximum Gasteiger partial charge on any atom is 0.185 e. The average Bonchev–Trinajstić information content (AvgIpc) is 2.56. The summed E-state index contributed by atoms with van der Waals surface area (Å²) in [5, 5.41) is 19.3. The van der Waals surface area contributed by atoms with E-state index in [2.05, 4.69) is 6.58 Å². The molecule has 0 atom stereocenters. The molecule has 0 saturated heterocycles. The highest BCUT2D eigenvalue weighted by Crippen LogP contribution is 2.32. The van der Waals surface area contributed by atoms with Crippen LogP contribution in [0, 0.1) is 0 Å². The molecule has 118 valence electrons. The van der Waals surface area contributed by atoms with Crippen molar-refractivity contribution >= 4 is 11.9 Å². The van der Waals surface area contributed by atoms with Gasteiger partial charge in [0.05, 0.1) is 7.11 Å². The molecule has 0 heterocycles. The van der Waals surface area contributed by atoms with Gasteiger partial charge in [-0.25, -0.2) is 0 Å². The number of phenolic OH excluding ortho intramolecular Hbond substituents is 2. The Morgan fingerprint density at radius 3 is 2.52 bits per heavy atom. The number of carbonyl (C=O) groups is 1. The highest BCUT2D eigenvalue weighted by Gasteiger charge is 2.09.